The number of phenols is 1. The van der Waals surface area contributed by atoms with Crippen LogP contribution in [-0.4, -0.2) is 28.8 Å². The molecule has 0 saturated heterocycles. The van der Waals surface area contributed by atoms with E-state index in [1.807, 2.05) is 0 Å². The normalized spacial score (nSPS) is 9.95. The van der Waals surface area contributed by atoms with Crippen LogP contribution < -0.4 is 10.6 Å². The highest BCUT2D eigenvalue weighted by molar-refractivity contribution is 5.95. The summed E-state index contributed by atoms with van der Waals surface area (Å²) in [5.74, 6) is -1.58. The lowest BCUT2D eigenvalue weighted by Gasteiger charge is -2.08. The number of rotatable bonds is 6. The Bertz CT molecular complexity index is 460. The number of unbranched alkanes of at least 4 members (excludes halogenated alkanes) is 2. The van der Waals surface area contributed by atoms with Crippen molar-refractivity contribution in [2.45, 2.75) is 26.2 Å². The maximum atomic E-state index is 11.5. The number of amides is 2. The first-order chi connectivity index (χ1) is 9.04. The molecular formula is C13H18N2O4. The second-order valence-electron chi connectivity index (χ2n) is 4.13. The summed E-state index contributed by atoms with van der Waals surface area (Å²) in [5.41, 5.74) is 0.0759. The molecule has 0 saturated carbocycles. The van der Waals surface area contributed by atoms with Gasteiger partial charge < -0.3 is 20.8 Å². The lowest BCUT2D eigenvalue weighted by atomic mass is 10.2. The standard InChI is InChI=1S/C13H18N2O4/c1-2-3-4-7-14-13(19)15-9-5-6-11(16)10(8-9)12(17)18/h5-6,8,16H,2-4,7H2,1H3,(H,17,18)(H2,14,15,19). The van der Waals surface area contributed by atoms with Crippen molar-refractivity contribution in [2.24, 2.45) is 0 Å². The monoisotopic (exact) mass is 266 g/mol. The van der Waals surface area contributed by atoms with Crippen LogP contribution in [0.25, 0.3) is 0 Å². The van der Waals surface area contributed by atoms with Gasteiger partial charge in [0.05, 0.1) is 0 Å². The quantitative estimate of drug-likeness (QED) is 0.469. The largest absolute Gasteiger partial charge is 0.507 e. The van der Waals surface area contributed by atoms with E-state index >= 15 is 0 Å². The van der Waals surface area contributed by atoms with Crippen LogP contribution in [0.4, 0.5) is 10.5 Å². The van der Waals surface area contributed by atoms with Crippen LogP contribution in [0, 0.1) is 0 Å². The van der Waals surface area contributed by atoms with Gasteiger partial charge in [-0.1, -0.05) is 19.8 Å². The SMILES string of the molecule is CCCCCNC(=O)Nc1ccc(O)c(C(=O)O)c1. The predicted octanol–water partition coefficient (Wildman–Crippen LogP) is 2.40. The summed E-state index contributed by atoms with van der Waals surface area (Å²) >= 11 is 0. The van der Waals surface area contributed by atoms with Gasteiger partial charge in [-0.05, 0) is 24.6 Å². The molecule has 0 radical (unpaired) electrons. The van der Waals surface area contributed by atoms with E-state index in [1.54, 1.807) is 0 Å². The first-order valence-corrected chi connectivity index (χ1v) is 6.15. The molecular weight excluding hydrogens is 248 g/mol. The summed E-state index contributed by atoms with van der Waals surface area (Å²) in [7, 11) is 0. The third-order valence-corrected chi connectivity index (χ3v) is 2.55. The third kappa shape index (κ3) is 4.87. The fourth-order valence-electron chi connectivity index (χ4n) is 1.54. The minimum absolute atomic E-state index is 0.246. The maximum Gasteiger partial charge on any atom is 0.339 e. The molecule has 0 aromatic heterocycles. The van der Waals surface area contributed by atoms with Gasteiger partial charge in [-0.15, -0.1) is 0 Å². The molecule has 0 fully saturated rings. The molecule has 0 aliphatic rings. The molecule has 2 amide bonds. The van der Waals surface area contributed by atoms with Crippen LogP contribution in [-0.2, 0) is 0 Å². The number of carbonyl (C=O) groups excluding carboxylic acids is 1. The van der Waals surface area contributed by atoms with Gasteiger partial charge in [0.25, 0.3) is 0 Å². The van der Waals surface area contributed by atoms with Gasteiger partial charge in [-0.2, -0.15) is 0 Å². The second-order valence-corrected chi connectivity index (χ2v) is 4.13. The van der Waals surface area contributed by atoms with Gasteiger partial charge in [0.2, 0.25) is 0 Å². The van der Waals surface area contributed by atoms with Crippen LogP contribution >= 0.6 is 0 Å². The Morgan fingerprint density at radius 1 is 1.26 bits per heavy atom. The number of carboxylic acid groups (broad SMARTS) is 1. The highest BCUT2D eigenvalue weighted by Gasteiger charge is 2.11. The first-order valence-electron chi connectivity index (χ1n) is 6.15. The summed E-state index contributed by atoms with van der Waals surface area (Å²) < 4.78 is 0. The Kier molecular flexibility index (Phi) is 5.66. The molecule has 0 aliphatic heterocycles. The Morgan fingerprint density at radius 2 is 2.00 bits per heavy atom. The second kappa shape index (κ2) is 7.25. The zero-order valence-corrected chi connectivity index (χ0v) is 10.8. The molecule has 104 valence electrons. The summed E-state index contributed by atoms with van der Waals surface area (Å²) in [5, 5.41) is 23.4. The number of hydrogen-bond donors (Lipinski definition) is 4. The highest BCUT2D eigenvalue weighted by Crippen LogP contribution is 2.21. The number of nitrogens with one attached hydrogen (secondary N) is 2. The third-order valence-electron chi connectivity index (χ3n) is 2.55. The Labute approximate surface area is 111 Å². The van der Waals surface area contributed by atoms with E-state index in [2.05, 4.69) is 17.6 Å². The van der Waals surface area contributed by atoms with E-state index in [9.17, 15) is 14.7 Å². The fourth-order valence-corrected chi connectivity index (χ4v) is 1.54. The molecule has 1 aromatic carbocycles. The topological polar surface area (TPSA) is 98.7 Å². The van der Waals surface area contributed by atoms with Gasteiger partial charge in [0.1, 0.15) is 11.3 Å². The molecule has 0 aliphatic carbocycles. The summed E-state index contributed by atoms with van der Waals surface area (Å²) in [6.07, 6.45) is 3.02. The number of anilines is 1. The van der Waals surface area contributed by atoms with Gasteiger partial charge in [0, 0.05) is 12.2 Å². The summed E-state index contributed by atoms with van der Waals surface area (Å²) in [6, 6.07) is 3.49. The molecule has 0 atom stereocenters. The highest BCUT2D eigenvalue weighted by atomic mass is 16.4. The van der Waals surface area contributed by atoms with Crippen molar-refractivity contribution in [3.63, 3.8) is 0 Å². The predicted molar refractivity (Wildman–Crippen MR) is 71.6 cm³/mol. The van der Waals surface area contributed by atoms with E-state index in [0.29, 0.717) is 12.2 Å². The van der Waals surface area contributed by atoms with Gasteiger partial charge >= 0.3 is 12.0 Å². The number of carbonyl (C=O) groups is 2. The van der Waals surface area contributed by atoms with Crippen molar-refractivity contribution >= 4 is 17.7 Å². The van der Waals surface area contributed by atoms with E-state index in [-0.39, 0.29) is 11.3 Å². The molecule has 4 N–H and O–H groups in total. The van der Waals surface area contributed by atoms with E-state index < -0.39 is 12.0 Å². The molecule has 0 unspecified atom stereocenters. The summed E-state index contributed by atoms with van der Waals surface area (Å²) in [4.78, 5) is 22.3. The average molecular weight is 266 g/mol. The van der Waals surface area contributed by atoms with Crippen LogP contribution in [0.3, 0.4) is 0 Å². The van der Waals surface area contributed by atoms with Crippen molar-refractivity contribution < 1.29 is 19.8 Å². The molecule has 19 heavy (non-hydrogen) atoms. The maximum absolute atomic E-state index is 11.5. The first kappa shape index (κ1) is 14.8. The Balaban J connectivity index is 2.55. The number of aromatic hydroxyl groups is 1. The average Bonchev–Trinajstić information content (AvgIpc) is 2.36. The lowest BCUT2D eigenvalue weighted by molar-refractivity contribution is 0.0693. The number of benzene rings is 1. The van der Waals surface area contributed by atoms with Gasteiger partial charge in [-0.3, -0.25) is 0 Å². The van der Waals surface area contributed by atoms with Crippen molar-refractivity contribution in [3.05, 3.63) is 23.8 Å². The molecule has 0 spiro atoms. The minimum Gasteiger partial charge on any atom is -0.507 e. The smallest absolute Gasteiger partial charge is 0.339 e. The van der Waals surface area contributed by atoms with Crippen molar-refractivity contribution in [1.29, 1.82) is 0 Å². The van der Waals surface area contributed by atoms with Crippen molar-refractivity contribution in [3.8, 4) is 5.75 Å². The molecule has 6 heteroatoms. The fraction of sp³-hybridized carbons (Fsp3) is 0.385. The van der Waals surface area contributed by atoms with Crippen LogP contribution in [0.2, 0.25) is 0 Å². The Morgan fingerprint density at radius 3 is 2.63 bits per heavy atom. The van der Waals surface area contributed by atoms with Gasteiger partial charge in [0.15, 0.2) is 0 Å². The molecule has 0 bridgehead atoms. The van der Waals surface area contributed by atoms with E-state index in [0.717, 1.165) is 19.3 Å². The van der Waals surface area contributed by atoms with Crippen LogP contribution in [0.1, 0.15) is 36.5 Å². The zero-order valence-electron chi connectivity index (χ0n) is 10.8. The van der Waals surface area contributed by atoms with Crippen molar-refractivity contribution in [1.82, 2.24) is 5.32 Å². The van der Waals surface area contributed by atoms with E-state index in [1.165, 1.54) is 18.2 Å². The van der Waals surface area contributed by atoms with Gasteiger partial charge in [-0.25, -0.2) is 9.59 Å². The molecule has 1 rings (SSSR count). The minimum atomic E-state index is -1.25. The number of hydrogen-bond acceptors (Lipinski definition) is 3. The van der Waals surface area contributed by atoms with Crippen LogP contribution in [0.15, 0.2) is 18.2 Å². The Hall–Kier alpha value is -2.24. The molecule has 6 nitrogen and oxygen atoms in total. The number of urea groups is 1. The zero-order chi connectivity index (χ0) is 14.3. The van der Waals surface area contributed by atoms with Crippen LogP contribution in [0.5, 0.6) is 5.75 Å². The number of carboxylic acids is 1. The lowest BCUT2D eigenvalue weighted by Crippen LogP contribution is -2.29. The number of aromatic carboxylic acids is 1. The summed E-state index contributed by atoms with van der Waals surface area (Å²) in [6.45, 7) is 2.65. The molecule has 0 heterocycles. The molecule has 1 aromatic rings. The van der Waals surface area contributed by atoms with Crippen molar-refractivity contribution in [2.75, 3.05) is 11.9 Å². The van der Waals surface area contributed by atoms with E-state index in [4.69, 9.17) is 5.11 Å².